The van der Waals surface area contributed by atoms with Crippen molar-refractivity contribution in [3.05, 3.63) is 70.4 Å². The van der Waals surface area contributed by atoms with Gasteiger partial charge in [0.05, 0.1) is 5.71 Å². The smallest absolute Gasteiger partial charge is 0.302 e. The standard InChI is InChI=1S/C21H18ClN5O2/c22-13-7-2-1-6-12(13)19-18-15(9-5-10-16(18)27-28)23-20(25-19)26-21-24-14-8-3-4-11-17(14)29-21/h1-4,6-8,11,19,27-28H,5,9-10H2,(H,24,25,26). The minimum absolute atomic E-state index is 0.330. The molecule has 0 saturated carbocycles. The number of nitrogens with zero attached hydrogens (tertiary/aromatic N) is 3. The molecule has 5 rings (SSSR count). The van der Waals surface area contributed by atoms with Gasteiger partial charge in [-0.25, -0.2) is 9.98 Å². The number of rotatable bonds is 3. The van der Waals surface area contributed by atoms with E-state index in [1.54, 1.807) is 0 Å². The van der Waals surface area contributed by atoms with E-state index >= 15 is 0 Å². The first-order valence-corrected chi connectivity index (χ1v) is 9.76. The van der Waals surface area contributed by atoms with Gasteiger partial charge in [0.15, 0.2) is 5.58 Å². The lowest BCUT2D eigenvalue weighted by atomic mass is 9.85. The van der Waals surface area contributed by atoms with Crippen LogP contribution in [0.5, 0.6) is 0 Å². The zero-order chi connectivity index (χ0) is 19.8. The van der Waals surface area contributed by atoms with E-state index in [0.717, 1.165) is 47.3 Å². The Kier molecular flexibility index (Phi) is 4.54. The number of para-hydroxylation sites is 2. The predicted octanol–water partition coefficient (Wildman–Crippen LogP) is 4.86. The second kappa shape index (κ2) is 7.35. The van der Waals surface area contributed by atoms with E-state index in [4.69, 9.17) is 21.0 Å². The molecule has 2 aromatic carbocycles. The second-order valence-electron chi connectivity index (χ2n) is 6.90. The third-order valence-electron chi connectivity index (χ3n) is 5.09. The van der Waals surface area contributed by atoms with Crippen LogP contribution < -0.4 is 10.8 Å². The summed E-state index contributed by atoms with van der Waals surface area (Å²) in [5.41, 5.74) is 7.10. The van der Waals surface area contributed by atoms with Gasteiger partial charge in [0.2, 0.25) is 5.96 Å². The Morgan fingerprint density at radius 3 is 2.72 bits per heavy atom. The largest absolute Gasteiger partial charge is 0.423 e. The number of aromatic nitrogens is 1. The molecule has 0 amide bonds. The molecule has 7 nitrogen and oxygen atoms in total. The fourth-order valence-electron chi connectivity index (χ4n) is 3.78. The van der Waals surface area contributed by atoms with Gasteiger partial charge in [0.25, 0.3) is 0 Å². The van der Waals surface area contributed by atoms with Crippen molar-refractivity contribution in [2.45, 2.75) is 25.3 Å². The van der Waals surface area contributed by atoms with Gasteiger partial charge in [-0.05, 0) is 43.0 Å². The summed E-state index contributed by atoms with van der Waals surface area (Å²) in [5, 5.41) is 13.4. The molecule has 146 valence electrons. The highest BCUT2D eigenvalue weighted by molar-refractivity contribution is 6.31. The number of fused-ring (bicyclic) bond motifs is 2. The van der Waals surface area contributed by atoms with Gasteiger partial charge >= 0.3 is 6.01 Å². The Morgan fingerprint density at radius 2 is 1.90 bits per heavy atom. The molecule has 8 heteroatoms. The van der Waals surface area contributed by atoms with Crippen molar-refractivity contribution < 1.29 is 9.62 Å². The van der Waals surface area contributed by atoms with E-state index in [1.807, 2.05) is 48.5 Å². The predicted molar refractivity (Wildman–Crippen MR) is 112 cm³/mol. The number of oxazole rings is 1. The van der Waals surface area contributed by atoms with E-state index in [-0.39, 0.29) is 0 Å². The Balaban J connectivity index is 1.58. The summed E-state index contributed by atoms with van der Waals surface area (Å²) in [6.07, 6.45) is 2.40. The van der Waals surface area contributed by atoms with E-state index < -0.39 is 6.04 Å². The van der Waals surface area contributed by atoms with Crippen LogP contribution in [0.25, 0.3) is 11.1 Å². The average molecular weight is 408 g/mol. The molecule has 1 aliphatic carbocycles. The Hall–Kier alpha value is -3.16. The van der Waals surface area contributed by atoms with Crippen LogP contribution >= 0.6 is 11.6 Å². The summed E-state index contributed by atoms with van der Waals surface area (Å²) in [7, 11) is 0. The van der Waals surface area contributed by atoms with Crippen LogP contribution in [0.3, 0.4) is 0 Å². The van der Waals surface area contributed by atoms with E-state index in [9.17, 15) is 5.21 Å². The van der Waals surface area contributed by atoms with Gasteiger partial charge in [-0.3, -0.25) is 16.0 Å². The van der Waals surface area contributed by atoms with Gasteiger partial charge in [-0.1, -0.05) is 41.9 Å². The number of allylic oxidation sites excluding steroid dienone is 1. The molecule has 2 heterocycles. The lowest BCUT2D eigenvalue weighted by molar-refractivity contribution is 0.193. The highest BCUT2D eigenvalue weighted by Crippen LogP contribution is 2.39. The summed E-state index contributed by atoms with van der Waals surface area (Å²) < 4.78 is 5.75. The van der Waals surface area contributed by atoms with Gasteiger partial charge in [0, 0.05) is 16.3 Å². The number of benzene rings is 2. The Labute approximate surface area is 171 Å². The van der Waals surface area contributed by atoms with Crippen LogP contribution in [-0.4, -0.2) is 21.9 Å². The van der Waals surface area contributed by atoms with Crippen molar-refractivity contribution in [1.29, 1.82) is 0 Å². The number of anilines is 1. The minimum Gasteiger partial charge on any atom is -0.423 e. The molecule has 3 aromatic rings. The topological polar surface area (TPSA) is 95.0 Å². The number of hydroxylamine groups is 1. The Bertz CT molecular complexity index is 1150. The molecule has 29 heavy (non-hydrogen) atoms. The minimum atomic E-state index is -0.391. The van der Waals surface area contributed by atoms with Crippen LogP contribution in [0.15, 0.2) is 74.2 Å². The monoisotopic (exact) mass is 407 g/mol. The molecule has 1 aromatic heterocycles. The maximum Gasteiger partial charge on any atom is 0.302 e. The molecule has 0 saturated heterocycles. The summed E-state index contributed by atoms with van der Waals surface area (Å²) in [6.45, 7) is 0. The van der Waals surface area contributed by atoms with Gasteiger partial charge < -0.3 is 4.42 Å². The molecule has 2 aliphatic rings. The first-order chi connectivity index (χ1) is 14.2. The molecule has 0 spiro atoms. The highest BCUT2D eigenvalue weighted by Gasteiger charge is 2.32. The van der Waals surface area contributed by atoms with Crippen LogP contribution in [-0.2, 0) is 0 Å². The zero-order valence-corrected chi connectivity index (χ0v) is 16.1. The maximum atomic E-state index is 9.66. The van der Waals surface area contributed by atoms with Crippen LogP contribution in [0.1, 0.15) is 30.9 Å². The Morgan fingerprint density at radius 1 is 1.07 bits per heavy atom. The maximum absolute atomic E-state index is 9.66. The third-order valence-corrected chi connectivity index (χ3v) is 5.43. The summed E-state index contributed by atoms with van der Waals surface area (Å²) in [6, 6.07) is 15.1. The number of hydrogen-bond donors (Lipinski definition) is 3. The normalized spacial score (nSPS) is 18.9. The number of hydrogen-bond acceptors (Lipinski definition) is 7. The van der Waals surface area contributed by atoms with Gasteiger partial charge in [-0.2, -0.15) is 4.98 Å². The number of nitrogens with one attached hydrogen (secondary N) is 2. The van der Waals surface area contributed by atoms with Crippen molar-refractivity contribution in [1.82, 2.24) is 10.5 Å². The van der Waals surface area contributed by atoms with Gasteiger partial charge in [0.1, 0.15) is 11.6 Å². The summed E-state index contributed by atoms with van der Waals surface area (Å²) in [4.78, 5) is 13.9. The lowest BCUT2D eigenvalue weighted by Crippen LogP contribution is -2.29. The quantitative estimate of drug-likeness (QED) is 0.539. The first kappa shape index (κ1) is 17.9. The van der Waals surface area contributed by atoms with Crippen LogP contribution in [0, 0.1) is 0 Å². The fourth-order valence-corrected chi connectivity index (χ4v) is 4.02. The lowest BCUT2D eigenvalue weighted by Gasteiger charge is -2.29. The van der Waals surface area contributed by atoms with Crippen LogP contribution in [0.2, 0.25) is 5.02 Å². The fraction of sp³-hybridized carbons (Fsp3) is 0.190. The first-order valence-electron chi connectivity index (χ1n) is 9.39. The third kappa shape index (κ3) is 3.28. The molecule has 1 unspecified atom stereocenters. The van der Waals surface area contributed by atoms with E-state index in [1.165, 1.54) is 0 Å². The highest BCUT2D eigenvalue weighted by atomic mass is 35.5. The zero-order valence-electron chi connectivity index (χ0n) is 15.4. The van der Waals surface area contributed by atoms with Crippen molar-refractivity contribution >= 4 is 40.4 Å². The summed E-state index contributed by atoms with van der Waals surface area (Å²) in [5.74, 6) is 0.402. The number of guanidine groups is 1. The molecule has 3 N–H and O–H groups in total. The van der Waals surface area contributed by atoms with Crippen molar-refractivity contribution in [3.8, 4) is 0 Å². The van der Waals surface area contributed by atoms with E-state index in [0.29, 0.717) is 22.6 Å². The molecular formula is C21H18ClN5O2. The van der Waals surface area contributed by atoms with Crippen molar-refractivity contribution in [2.24, 2.45) is 9.98 Å². The average Bonchev–Trinajstić information content (AvgIpc) is 3.15. The number of halogens is 1. The molecule has 0 fully saturated rings. The van der Waals surface area contributed by atoms with E-state index in [2.05, 4.69) is 20.8 Å². The van der Waals surface area contributed by atoms with Crippen molar-refractivity contribution in [3.63, 3.8) is 0 Å². The summed E-state index contributed by atoms with van der Waals surface area (Å²) >= 11 is 6.48. The van der Waals surface area contributed by atoms with Gasteiger partial charge in [-0.15, -0.1) is 0 Å². The molecular weight excluding hydrogens is 390 g/mol. The van der Waals surface area contributed by atoms with Crippen LogP contribution in [0.4, 0.5) is 6.01 Å². The molecule has 0 radical (unpaired) electrons. The molecule has 1 atom stereocenters. The second-order valence-corrected chi connectivity index (χ2v) is 7.31. The number of aliphatic imine (C=N–C) groups is 2. The van der Waals surface area contributed by atoms with Crippen molar-refractivity contribution in [2.75, 3.05) is 5.32 Å². The molecule has 0 bridgehead atoms. The SMILES string of the molecule is ONC1=C2C(=NC(Nc3nc4ccccc4o3)=NC2c2ccccc2Cl)CCC1. The molecule has 1 aliphatic heterocycles.